The predicted octanol–water partition coefficient (Wildman–Crippen LogP) is 2.02. The largest absolute Gasteiger partial charge is 0.375 e. The summed E-state index contributed by atoms with van der Waals surface area (Å²) in [6.07, 6.45) is 3.56. The number of carbonyl (C=O) groups excluding carboxylic acids is 2. The maximum Gasteiger partial charge on any atom is 0.254 e. The summed E-state index contributed by atoms with van der Waals surface area (Å²) in [6.45, 7) is 3.36. The standard InChI is InChI=1S/C21H25FN4O3/c1-14-3-4-15(22)11-16(14)20(28)25-9-6-21(7-10-25)19-17(23-13-24-19)5-8-26(21)18(27)12-29-2/h3-4,11,13H,5-10,12H2,1-2H3,(H,23,24). The first-order valence-corrected chi connectivity index (χ1v) is 9.84. The second-order valence-corrected chi connectivity index (χ2v) is 7.74. The van der Waals surface area contributed by atoms with E-state index in [0.29, 0.717) is 38.0 Å². The average molecular weight is 400 g/mol. The summed E-state index contributed by atoms with van der Waals surface area (Å²) >= 11 is 0. The molecule has 8 heteroatoms. The SMILES string of the molecule is COCC(=O)N1CCc2[nH]cnc2C12CCN(C(=O)c1cc(F)ccc1C)CC2. The number of aryl methyl sites for hydroxylation is 1. The third-order valence-electron chi connectivity index (χ3n) is 6.14. The number of benzene rings is 1. The van der Waals surface area contributed by atoms with Crippen molar-refractivity contribution in [2.24, 2.45) is 0 Å². The molecule has 3 heterocycles. The molecule has 0 unspecified atom stereocenters. The lowest BCUT2D eigenvalue weighted by Gasteiger charge is -2.50. The number of fused-ring (bicyclic) bond motifs is 2. The van der Waals surface area contributed by atoms with Crippen LogP contribution in [0.5, 0.6) is 0 Å². The maximum absolute atomic E-state index is 13.7. The van der Waals surface area contributed by atoms with Crippen LogP contribution in [0, 0.1) is 12.7 Å². The van der Waals surface area contributed by atoms with Gasteiger partial charge in [-0.1, -0.05) is 6.07 Å². The molecule has 0 saturated carbocycles. The van der Waals surface area contributed by atoms with Gasteiger partial charge in [-0.2, -0.15) is 0 Å². The summed E-state index contributed by atoms with van der Waals surface area (Å²) in [5.74, 6) is -0.663. The minimum Gasteiger partial charge on any atom is -0.375 e. The quantitative estimate of drug-likeness (QED) is 0.855. The fourth-order valence-corrected chi connectivity index (χ4v) is 4.62. The molecule has 0 radical (unpaired) electrons. The Balaban J connectivity index is 1.59. The fraction of sp³-hybridized carbons (Fsp3) is 0.476. The molecule has 29 heavy (non-hydrogen) atoms. The molecule has 1 saturated heterocycles. The van der Waals surface area contributed by atoms with Crippen molar-refractivity contribution in [3.05, 3.63) is 52.9 Å². The summed E-state index contributed by atoms with van der Waals surface area (Å²) in [4.78, 5) is 37.1. The highest BCUT2D eigenvalue weighted by molar-refractivity contribution is 5.95. The van der Waals surface area contributed by atoms with Crippen LogP contribution in [0.2, 0.25) is 0 Å². The summed E-state index contributed by atoms with van der Waals surface area (Å²) in [5.41, 5.74) is 2.53. The second kappa shape index (κ2) is 7.59. The van der Waals surface area contributed by atoms with Crippen molar-refractivity contribution in [2.75, 3.05) is 33.4 Å². The van der Waals surface area contributed by atoms with Gasteiger partial charge in [-0.25, -0.2) is 9.37 Å². The zero-order chi connectivity index (χ0) is 20.6. The molecule has 2 aliphatic rings. The molecule has 1 fully saturated rings. The molecule has 2 aliphatic heterocycles. The van der Waals surface area contributed by atoms with E-state index in [9.17, 15) is 14.0 Å². The second-order valence-electron chi connectivity index (χ2n) is 7.74. The van der Waals surface area contributed by atoms with Gasteiger partial charge >= 0.3 is 0 Å². The van der Waals surface area contributed by atoms with Crippen molar-refractivity contribution in [1.82, 2.24) is 19.8 Å². The number of hydrogen-bond acceptors (Lipinski definition) is 4. The normalized spacial score (nSPS) is 18.0. The highest BCUT2D eigenvalue weighted by atomic mass is 19.1. The predicted molar refractivity (Wildman–Crippen MR) is 104 cm³/mol. The topological polar surface area (TPSA) is 78.5 Å². The number of piperidine rings is 1. The van der Waals surface area contributed by atoms with Gasteiger partial charge < -0.3 is 19.5 Å². The zero-order valence-corrected chi connectivity index (χ0v) is 16.7. The number of rotatable bonds is 3. The van der Waals surface area contributed by atoms with Crippen LogP contribution >= 0.6 is 0 Å². The molecule has 2 amide bonds. The molecule has 2 aromatic rings. The smallest absolute Gasteiger partial charge is 0.254 e. The van der Waals surface area contributed by atoms with Crippen molar-refractivity contribution in [3.8, 4) is 0 Å². The number of imidazole rings is 1. The van der Waals surface area contributed by atoms with Crippen molar-refractivity contribution in [2.45, 2.75) is 31.7 Å². The van der Waals surface area contributed by atoms with Crippen molar-refractivity contribution >= 4 is 11.8 Å². The molecule has 1 N–H and O–H groups in total. The van der Waals surface area contributed by atoms with Crippen LogP contribution in [0.25, 0.3) is 0 Å². The molecule has 7 nitrogen and oxygen atoms in total. The highest BCUT2D eigenvalue weighted by Gasteiger charge is 2.49. The Bertz CT molecular complexity index is 934. The summed E-state index contributed by atoms with van der Waals surface area (Å²) < 4.78 is 18.7. The first kappa shape index (κ1) is 19.6. The number of nitrogens with zero attached hydrogens (tertiary/aromatic N) is 3. The number of carbonyl (C=O) groups is 2. The molecule has 1 aromatic heterocycles. The zero-order valence-electron chi connectivity index (χ0n) is 16.7. The molecular formula is C21H25FN4O3. The first-order chi connectivity index (χ1) is 14.0. The summed E-state index contributed by atoms with van der Waals surface area (Å²) in [5, 5.41) is 0. The number of halogens is 1. The molecule has 0 atom stereocenters. The van der Waals surface area contributed by atoms with Gasteiger partial charge in [0.05, 0.1) is 17.6 Å². The molecule has 1 aromatic carbocycles. The van der Waals surface area contributed by atoms with Gasteiger partial charge in [0, 0.05) is 44.4 Å². The Morgan fingerprint density at radius 1 is 1.28 bits per heavy atom. The summed E-state index contributed by atoms with van der Waals surface area (Å²) in [6, 6.07) is 4.27. The van der Waals surface area contributed by atoms with E-state index in [4.69, 9.17) is 4.74 Å². The van der Waals surface area contributed by atoms with Crippen LogP contribution in [0.4, 0.5) is 4.39 Å². The van der Waals surface area contributed by atoms with Gasteiger partial charge in [0.15, 0.2) is 0 Å². The summed E-state index contributed by atoms with van der Waals surface area (Å²) in [7, 11) is 1.51. The Hall–Kier alpha value is -2.74. The number of likely N-dealkylation sites (tertiary alicyclic amines) is 1. The monoisotopic (exact) mass is 400 g/mol. The van der Waals surface area contributed by atoms with Crippen LogP contribution in [-0.4, -0.2) is 64.9 Å². The molecule has 0 bridgehead atoms. The number of hydrogen-bond donors (Lipinski definition) is 1. The molecule has 1 spiro atoms. The van der Waals surface area contributed by atoms with E-state index in [1.54, 1.807) is 24.2 Å². The fourth-order valence-electron chi connectivity index (χ4n) is 4.62. The lowest BCUT2D eigenvalue weighted by atomic mass is 9.78. The minimum atomic E-state index is -0.545. The molecule has 154 valence electrons. The third-order valence-corrected chi connectivity index (χ3v) is 6.14. The van der Waals surface area contributed by atoms with Crippen LogP contribution in [0.3, 0.4) is 0 Å². The average Bonchev–Trinajstić information content (AvgIpc) is 3.20. The van der Waals surface area contributed by atoms with Crippen LogP contribution in [0.15, 0.2) is 24.5 Å². The van der Waals surface area contributed by atoms with E-state index in [2.05, 4.69) is 9.97 Å². The Labute approximate surface area is 168 Å². The van der Waals surface area contributed by atoms with Gasteiger partial charge in [-0.15, -0.1) is 0 Å². The van der Waals surface area contributed by atoms with E-state index in [1.807, 2.05) is 4.90 Å². The number of aromatic amines is 1. The van der Waals surface area contributed by atoms with E-state index in [-0.39, 0.29) is 18.4 Å². The number of methoxy groups -OCH3 is 1. The Morgan fingerprint density at radius 3 is 2.76 bits per heavy atom. The van der Waals surface area contributed by atoms with E-state index in [1.165, 1.54) is 19.2 Å². The number of nitrogens with one attached hydrogen (secondary N) is 1. The van der Waals surface area contributed by atoms with Crippen molar-refractivity contribution in [1.29, 1.82) is 0 Å². The van der Waals surface area contributed by atoms with Crippen molar-refractivity contribution < 1.29 is 18.7 Å². The number of ether oxygens (including phenoxy) is 1. The van der Waals surface area contributed by atoms with E-state index < -0.39 is 11.4 Å². The number of amides is 2. The molecule has 4 rings (SSSR count). The van der Waals surface area contributed by atoms with Gasteiger partial charge in [-0.3, -0.25) is 9.59 Å². The van der Waals surface area contributed by atoms with Gasteiger partial charge in [0.2, 0.25) is 5.91 Å². The van der Waals surface area contributed by atoms with Gasteiger partial charge in [0.1, 0.15) is 12.4 Å². The Kier molecular flexibility index (Phi) is 5.12. The third kappa shape index (κ3) is 3.31. The lowest BCUT2D eigenvalue weighted by molar-refractivity contribution is -0.145. The number of aromatic nitrogens is 2. The van der Waals surface area contributed by atoms with E-state index >= 15 is 0 Å². The van der Waals surface area contributed by atoms with Gasteiger partial charge in [0.25, 0.3) is 5.91 Å². The lowest BCUT2D eigenvalue weighted by Crippen LogP contribution is -2.59. The first-order valence-electron chi connectivity index (χ1n) is 9.84. The van der Waals surface area contributed by atoms with Crippen LogP contribution in [-0.2, 0) is 21.5 Å². The van der Waals surface area contributed by atoms with Crippen LogP contribution < -0.4 is 0 Å². The van der Waals surface area contributed by atoms with Gasteiger partial charge in [-0.05, 0) is 37.5 Å². The molecule has 0 aliphatic carbocycles. The van der Waals surface area contributed by atoms with E-state index in [0.717, 1.165) is 23.4 Å². The highest BCUT2D eigenvalue weighted by Crippen LogP contribution is 2.42. The molecular weight excluding hydrogens is 375 g/mol. The maximum atomic E-state index is 13.7. The Morgan fingerprint density at radius 2 is 2.03 bits per heavy atom. The van der Waals surface area contributed by atoms with Crippen molar-refractivity contribution in [3.63, 3.8) is 0 Å². The minimum absolute atomic E-state index is 0.0205. The number of H-pyrrole nitrogens is 1. The van der Waals surface area contributed by atoms with Crippen LogP contribution in [0.1, 0.15) is 40.2 Å².